The Morgan fingerprint density at radius 3 is 1.93 bits per heavy atom. The zero-order chi connectivity index (χ0) is 11.0. The van der Waals surface area contributed by atoms with Crippen molar-refractivity contribution in [2.24, 2.45) is 0 Å². The van der Waals surface area contributed by atoms with Crippen LogP contribution in [0.1, 0.15) is 36.5 Å². The third-order valence-electron chi connectivity index (χ3n) is 2.46. The molecule has 0 unspecified atom stereocenters. The molecule has 0 amide bonds. The van der Waals surface area contributed by atoms with Crippen LogP contribution in [0.5, 0.6) is 0 Å². The van der Waals surface area contributed by atoms with Crippen molar-refractivity contribution in [3.8, 4) is 0 Å². The second-order valence-electron chi connectivity index (χ2n) is 3.76. The summed E-state index contributed by atoms with van der Waals surface area (Å²) in [6.45, 7) is 7.39. The second-order valence-corrected chi connectivity index (χ2v) is 4.52. The molecular weight excluding hydrogens is 222 g/mol. The van der Waals surface area contributed by atoms with Crippen molar-refractivity contribution < 1.29 is 4.39 Å². The maximum Gasteiger partial charge on any atom is 0.145 e. The molecule has 0 nitrogen and oxygen atoms in total. The molecule has 0 aliphatic rings. The minimum absolute atomic E-state index is 0.129. The van der Waals surface area contributed by atoms with Gasteiger partial charge in [-0.3, -0.25) is 0 Å². The van der Waals surface area contributed by atoms with E-state index in [0.717, 1.165) is 5.56 Å². The van der Waals surface area contributed by atoms with Gasteiger partial charge in [-0.05, 0) is 36.5 Å². The minimum Gasteiger partial charge on any atom is -0.205 e. The third kappa shape index (κ3) is 1.76. The van der Waals surface area contributed by atoms with Gasteiger partial charge in [-0.1, -0.05) is 37.0 Å². The lowest BCUT2D eigenvalue weighted by atomic mass is 9.97. The number of hydrogen-bond acceptors (Lipinski definition) is 0. The molecule has 0 atom stereocenters. The van der Waals surface area contributed by atoms with Gasteiger partial charge in [0.1, 0.15) is 5.82 Å². The Hall–Kier alpha value is -0.270. The van der Waals surface area contributed by atoms with Crippen molar-refractivity contribution in [1.29, 1.82) is 0 Å². The fraction of sp³-hybridized carbons (Fsp3) is 0.455. The first kappa shape index (κ1) is 11.8. The summed E-state index contributed by atoms with van der Waals surface area (Å²) in [7, 11) is 0. The van der Waals surface area contributed by atoms with E-state index < -0.39 is 0 Å². The first-order valence-corrected chi connectivity index (χ1v) is 5.27. The molecule has 0 aliphatic heterocycles. The lowest BCUT2D eigenvalue weighted by Crippen LogP contribution is -1.99. The van der Waals surface area contributed by atoms with E-state index in [1.54, 1.807) is 6.92 Å². The number of hydrogen-bond donors (Lipinski definition) is 0. The highest BCUT2D eigenvalue weighted by atomic mass is 35.5. The molecule has 1 aromatic carbocycles. The van der Waals surface area contributed by atoms with Gasteiger partial charge in [0.2, 0.25) is 0 Å². The molecular formula is C11H13Cl2F. The molecule has 0 bridgehead atoms. The Morgan fingerprint density at radius 1 is 1.00 bits per heavy atom. The average Bonchev–Trinajstić information content (AvgIpc) is 2.11. The van der Waals surface area contributed by atoms with Gasteiger partial charge in [-0.2, -0.15) is 0 Å². The molecule has 0 aromatic heterocycles. The van der Waals surface area contributed by atoms with Crippen LogP contribution in [-0.2, 0) is 0 Å². The average molecular weight is 235 g/mol. The van der Waals surface area contributed by atoms with Crippen molar-refractivity contribution in [2.45, 2.75) is 33.6 Å². The van der Waals surface area contributed by atoms with E-state index in [2.05, 4.69) is 0 Å². The molecule has 0 aliphatic carbocycles. The number of halogens is 3. The fourth-order valence-corrected chi connectivity index (χ4v) is 2.37. The molecule has 0 fully saturated rings. The Balaban J connectivity index is 3.60. The van der Waals surface area contributed by atoms with Crippen molar-refractivity contribution in [1.82, 2.24) is 0 Å². The van der Waals surface area contributed by atoms with Crippen molar-refractivity contribution in [3.05, 3.63) is 32.6 Å². The van der Waals surface area contributed by atoms with E-state index in [9.17, 15) is 4.39 Å². The first-order valence-electron chi connectivity index (χ1n) is 4.51. The summed E-state index contributed by atoms with van der Waals surface area (Å²) in [6.07, 6.45) is 0. The standard InChI is InChI=1S/C11H13Cl2F/c1-5(2)8-9(12)6(3)7(4)11(14)10(8)13/h5H,1-4H3. The van der Waals surface area contributed by atoms with E-state index in [-0.39, 0.29) is 16.8 Å². The highest BCUT2D eigenvalue weighted by Gasteiger charge is 2.19. The molecule has 0 spiro atoms. The molecule has 78 valence electrons. The highest BCUT2D eigenvalue weighted by molar-refractivity contribution is 6.36. The van der Waals surface area contributed by atoms with Crippen LogP contribution in [0.2, 0.25) is 10.0 Å². The summed E-state index contributed by atoms with van der Waals surface area (Å²) >= 11 is 12.0. The maximum absolute atomic E-state index is 13.6. The predicted octanol–water partition coefficient (Wildman–Crippen LogP) is 4.87. The van der Waals surface area contributed by atoms with Gasteiger partial charge in [0.25, 0.3) is 0 Å². The molecule has 0 heterocycles. The van der Waals surface area contributed by atoms with Gasteiger partial charge in [0.15, 0.2) is 0 Å². The lowest BCUT2D eigenvalue weighted by molar-refractivity contribution is 0.613. The quantitative estimate of drug-likeness (QED) is 0.609. The SMILES string of the molecule is Cc1c(C)c(Cl)c(C(C)C)c(Cl)c1F. The van der Waals surface area contributed by atoms with E-state index in [1.165, 1.54) is 0 Å². The van der Waals surface area contributed by atoms with Crippen LogP contribution in [0.4, 0.5) is 4.39 Å². The molecule has 0 saturated heterocycles. The molecule has 0 radical (unpaired) electrons. The Labute approximate surface area is 94.0 Å². The van der Waals surface area contributed by atoms with Crippen molar-refractivity contribution in [2.75, 3.05) is 0 Å². The molecule has 14 heavy (non-hydrogen) atoms. The fourth-order valence-electron chi connectivity index (χ4n) is 1.42. The summed E-state index contributed by atoms with van der Waals surface area (Å²) in [5.74, 6) is -0.221. The second kappa shape index (κ2) is 4.08. The Kier molecular flexibility index (Phi) is 3.44. The van der Waals surface area contributed by atoms with E-state index in [4.69, 9.17) is 23.2 Å². The number of benzene rings is 1. The molecule has 1 aromatic rings. The van der Waals surface area contributed by atoms with Crippen LogP contribution in [0, 0.1) is 19.7 Å². The van der Waals surface area contributed by atoms with Crippen LogP contribution >= 0.6 is 23.2 Å². The Bertz CT molecular complexity index is 341. The molecule has 0 saturated carbocycles. The van der Waals surface area contributed by atoms with E-state index >= 15 is 0 Å². The van der Waals surface area contributed by atoms with Gasteiger partial charge >= 0.3 is 0 Å². The van der Waals surface area contributed by atoms with Crippen LogP contribution in [-0.4, -0.2) is 0 Å². The number of rotatable bonds is 1. The highest BCUT2D eigenvalue weighted by Crippen LogP contribution is 2.37. The summed E-state index contributed by atoms with van der Waals surface area (Å²) in [5, 5.41) is 0.747. The van der Waals surface area contributed by atoms with Crippen LogP contribution in [0.15, 0.2) is 0 Å². The van der Waals surface area contributed by atoms with Gasteiger partial charge in [-0.15, -0.1) is 0 Å². The first-order chi connectivity index (χ1) is 6.37. The summed E-state index contributed by atoms with van der Waals surface area (Å²) in [4.78, 5) is 0. The van der Waals surface area contributed by atoms with E-state index in [0.29, 0.717) is 16.1 Å². The third-order valence-corrected chi connectivity index (χ3v) is 3.32. The monoisotopic (exact) mass is 234 g/mol. The summed E-state index contributed by atoms with van der Waals surface area (Å²) in [5.41, 5.74) is 2.01. The Morgan fingerprint density at radius 2 is 1.50 bits per heavy atom. The van der Waals surface area contributed by atoms with Crippen LogP contribution in [0.25, 0.3) is 0 Å². The summed E-state index contributed by atoms with van der Waals surface area (Å²) in [6, 6.07) is 0. The van der Waals surface area contributed by atoms with Crippen LogP contribution < -0.4 is 0 Å². The smallest absolute Gasteiger partial charge is 0.145 e. The molecule has 3 heteroatoms. The maximum atomic E-state index is 13.6. The van der Waals surface area contributed by atoms with Gasteiger partial charge in [-0.25, -0.2) is 4.39 Å². The predicted molar refractivity (Wildman–Crippen MR) is 60.0 cm³/mol. The normalized spacial score (nSPS) is 11.1. The van der Waals surface area contributed by atoms with Gasteiger partial charge < -0.3 is 0 Å². The van der Waals surface area contributed by atoms with Gasteiger partial charge in [0, 0.05) is 5.02 Å². The molecule has 1 rings (SSSR count). The minimum atomic E-state index is -0.350. The zero-order valence-electron chi connectivity index (χ0n) is 8.71. The largest absolute Gasteiger partial charge is 0.205 e. The topological polar surface area (TPSA) is 0 Å². The van der Waals surface area contributed by atoms with Crippen molar-refractivity contribution >= 4 is 23.2 Å². The zero-order valence-corrected chi connectivity index (χ0v) is 10.2. The lowest BCUT2D eigenvalue weighted by Gasteiger charge is -2.16. The molecule has 0 N–H and O–H groups in total. The van der Waals surface area contributed by atoms with E-state index in [1.807, 2.05) is 20.8 Å². The van der Waals surface area contributed by atoms with Crippen LogP contribution in [0.3, 0.4) is 0 Å². The van der Waals surface area contributed by atoms with Crippen molar-refractivity contribution in [3.63, 3.8) is 0 Å². The van der Waals surface area contributed by atoms with Gasteiger partial charge in [0.05, 0.1) is 5.02 Å². The summed E-state index contributed by atoms with van der Waals surface area (Å²) < 4.78 is 13.6.